The van der Waals surface area contributed by atoms with Gasteiger partial charge in [-0.2, -0.15) is 0 Å². The molecule has 2 aromatic carbocycles. The summed E-state index contributed by atoms with van der Waals surface area (Å²) in [5.74, 6) is 0. The van der Waals surface area contributed by atoms with Crippen molar-refractivity contribution in [3.63, 3.8) is 0 Å². The molecule has 2 rings (SSSR count). The fourth-order valence-corrected chi connectivity index (χ4v) is 1.70. The van der Waals surface area contributed by atoms with Crippen LogP contribution in [0.15, 0.2) is 60.7 Å². The maximum Gasteiger partial charge on any atom is 0.412 e. The first-order valence-corrected chi connectivity index (χ1v) is 6.98. The standard InChI is InChI=1S/C17H17N2O4/c1-13(23-17(21)19-15-10-6-3-7-11-15)12-22-16(20)18-14-8-4-2-5-9-14/h2-11,13H,1,12H2,(H,18,20)(H,19,21). The van der Waals surface area contributed by atoms with Crippen LogP contribution in [-0.2, 0) is 9.47 Å². The Bertz CT molecular complexity index is 632. The second-order valence-corrected chi connectivity index (χ2v) is 4.61. The minimum absolute atomic E-state index is 0.152. The van der Waals surface area contributed by atoms with Gasteiger partial charge in [0.05, 0.1) is 0 Å². The van der Waals surface area contributed by atoms with Gasteiger partial charge in [0.25, 0.3) is 0 Å². The molecule has 2 N–H and O–H groups in total. The number of ether oxygens (including phenoxy) is 2. The third kappa shape index (κ3) is 6.09. The molecule has 23 heavy (non-hydrogen) atoms. The molecule has 0 aromatic heterocycles. The molecule has 1 atom stereocenters. The van der Waals surface area contributed by atoms with E-state index in [4.69, 9.17) is 9.47 Å². The van der Waals surface area contributed by atoms with Crippen molar-refractivity contribution in [2.45, 2.75) is 6.10 Å². The minimum Gasteiger partial charge on any atom is -0.445 e. The third-order valence-electron chi connectivity index (χ3n) is 2.71. The van der Waals surface area contributed by atoms with Crippen molar-refractivity contribution in [1.82, 2.24) is 0 Å². The zero-order chi connectivity index (χ0) is 16.5. The molecule has 0 fully saturated rings. The Morgan fingerprint density at radius 3 is 1.87 bits per heavy atom. The molecule has 0 spiro atoms. The van der Waals surface area contributed by atoms with Gasteiger partial charge in [-0.15, -0.1) is 0 Å². The molecule has 0 aliphatic carbocycles. The van der Waals surface area contributed by atoms with Crippen LogP contribution < -0.4 is 10.6 Å². The van der Waals surface area contributed by atoms with Gasteiger partial charge in [-0.1, -0.05) is 36.4 Å². The highest BCUT2D eigenvalue weighted by atomic mass is 16.6. The molecule has 1 unspecified atom stereocenters. The summed E-state index contributed by atoms with van der Waals surface area (Å²) in [6.07, 6.45) is -2.12. The Balaban J connectivity index is 1.69. The first-order valence-electron chi connectivity index (χ1n) is 6.98. The van der Waals surface area contributed by atoms with E-state index in [2.05, 4.69) is 17.6 Å². The van der Waals surface area contributed by atoms with Crippen LogP contribution in [-0.4, -0.2) is 24.9 Å². The number of carbonyl (C=O) groups excluding carboxylic acids is 2. The molecular weight excluding hydrogens is 296 g/mol. The van der Waals surface area contributed by atoms with Crippen molar-refractivity contribution < 1.29 is 19.1 Å². The number of anilines is 2. The van der Waals surface area contributed by atoms with Crippen molar-refractivity contribution >= 4 is 23.6 Å². The molecule has 0 aliphatic heterocycles. The Hall–Kier alpha value is -3.02. The summed E-state index contributed by atoms with van der Waals surface area (Å²) in [7, 11) is 0. The summed E-state index contributed by atoms with van der Waals surface area (Å²) in [5.41, 5.74) is 1.22. The van der Waals surface area contributed by atoms with Gasteiger partial charge < -0.3 is 9.47 Å². The van der Waals surface area contributed by atoms with Crippen LogP contribution in [0.2, 0.25) is 0 Å². The first kappa shape index (κ1) is 16.4. The fraction of sp³-hybridized carbons (Fsp3) is 0.118. The van der Waals surface area contributed by atoms with Gasteiger partial charge in [0.15, 0.2) is 0 Å². The van der Waals surface area contributed by atoms with Crippen LogP contribution in [0, 0.1) is 6.92 Å². The van der Waals surface area contributed by atoms with E-state index in [1.165, 1.54) is 0 Å². The van der Waals surface area contributed by atoms with Gasteiger partial charge in [-0.3, -0.25) is 10.6 Å². The molecule has 6 heteroatoms. The number of carbonyl (C=O) groups is 2. The molecule has 1 radical (unpaired) electrons. The summed E-state index contributed by atoms with van der Waals surface area (Å²) in [5, 5.41) is 5.09. The predicted molar refractivity (Wildman–Crippen MR) is 87.1 cm³/mol. The summed E-state index contributed by atoms with van der Waals surface area (Å²) < 4.78 is 9.93. The smallest absolute Gasteiger partial charge is 0.412 e. The lowest BCUT2D eigenvalue weighted by atomic mass is 10.3. The quantitative estimate of drug-likeness (QED) is 0.882. The highest BCUT2D eigenvalue weighted by Gasteiger charge is 2.12. The van der Waals surface area contributed by atoms with E-state index in [1.54, 1.807) is 48.5 Å². The zero-order valence-electron chi connectivity index (χ0n) is 12.4. The fourth-order valence-electron chi connectivity index (χ4n) is 1.70. The largest absolute Gasteiger partial charge is 0.445 e. The molecule has 0 heterocycles. The van der Waals surface area contributed by atoms with Crippen LogP contribution in [0.5, 0.6) is 0 Å². The Morgan fingerprint density at radius 1 is 0.870 bits per heavy atom. The van der Waals surface area contributed by atoms with Gasteiger partial charge >= 0.3 is 12.2 Å². The van der Waals surface area contributed by atoms with Crippen molar-refractivity contribution in [2.75, 3.05) is 17.2 Å². The summed E-state index contributed by atoms with van der Waals surface area (Å²) in [6, 6.07) is 17.7. The molecule has 6 nitrogen and oxygen atoms in total. The van der Waals surface area contributed by atoms with E-state index in [1.807, 2.05) is 12.1 Å². The van der Waals surface area contributed by atoms with Crippen molar-refractivity contribution in [3.05, 3.63) is 67.6 Å². The molecular formula is C17H17N2O4. The Kier molecular flexibility index (Phi) is 5.99. The zero-order valence-corrected chi connectivity index (χ0v) is 12.4. The normalized spacial score (nSPS) is 11.2. The van der Waals surface area contributed by atoms with Gasteiger partial charge in [-0.05, 0) is 31.2 Å². The highest BCUT2D eigenvalue weighted by molar-refractivity contribution is 5.85. The maximum atomic E-state index is 11.6. The number of nitrogens with one attached hydrogen (secondary N) is 2. The van der Waals surface area contributed by atoms with Crippen molar-refractivity contribution in [1.29, 1.82) is 0 Å². The van der Waals surface area contributed by atoms with Gasteiger partial charge in [0.1, 0.15) is 12.7 Å². The van der Waals surface area contributed by atoms with E-state index in [0.717, 1.165) is 0 Å². The Labute approximate surface area is 134 Å². The first-order chi connectivity index (χ1) is 11.1. The minimum atomic E-state index is -0.819. The van der Waals surface area contributed by atoms with Crippen LogP contribution in [0.25, 0.3) is 0 Å². The van der Waals surface area contributed by atoms with Crippen LogP contribution in [0.4, 0.5) is 21.0 Å². The van der Waals surface area contributed by atoms with Gasteiger partial charge in [-0.25, -0.2) is 9.59 Å². The lowest BCUT2D eigenvalue weighted by Gasteiger charge is -2.14. The highest BCUT2D eigenvalue weighted by Crippen LogP contribution is 2.07. The summed E-state index contributed by atoms with van der Waals surface area (Å²) in [6.45, 7) is 3.46. The van der Waals surface area contributed by atoms with E-state index in [9.17, 15) is 9.59 Å². The lowest BCUT2D eigenvalue weighted by Crippen LogP contribution is -2.26. The van der Waals surface area contributed by atoms with Crippen LogP contribution in [0.1, 0.15) is 0 Å². The van der Waals surface area contributed by atoms with Gasteiger partial charge in [0.2, 0.25) is 0 Å². The molecule has 0 aliphatic rings. The van der Waals surface area contributed by atoms with Crippen molar-refractivity contribution in [3.8, 4) is 0 Å². The van der Waals surface area contributed by atoms with E-state index in [-0.39, 0.29) is 6.61 Å². The number of rotatable bonds is 5. The number of hydrogen-bond acceptors (Lipinski definition) is 4. The second-order valence-electron chi connectivity index (χ2n) is 4.61. The predicted octanol–water partition coefficient (Wildman–Crippen LogP) is 3.69. The molecule has 2 amide bonds. The number of para-hydroxylation sites is 2. The van der Waals surface area contributed by atoms with Crippen LogP contribution in [0.3, 0.4) is 0 Å². The molecule has 2 aromatic rings. The Morgan fingerprint density at radius 2 is 1.35 bits per heavy atom. The third-order valence-corrected chi connectivity index (χ3v) is 2.71. The number of hydrogen-bond donors (Lipinski definition) is 2. The second kappa shape index (κ2) is 8.43. The van der Waals surface area contributed by atoms with Crippen molar-refractivity contribution in [2.24, 2.45) is 0 Å². The summed E-state index contributed by atoms with van der Waals surface area (Å²) in [4.78, 5) is 23.2. The average molecular weight is 313 g/mol. The average Bonchev–Trinajstić information content (AvgIpc) is 2.55. The monoisotopic (exact) mass is 313 g/mol. The van der Waals surface area contributed by atoms with Gasteiger partial charge in [0, 0.05) is 11.4 Å². The summed E-state index contributed by atoms with van der Waals surface area (Å²) >= 11 is 0. The molecule has 0 bridgehead atoms. The molecule has 0 saturated carbocycles. The number of benzene rings is 2. The molecule has 0 saturated heterocycles. The van der Waals surface area contributed by atoms with E-state index in [0.29, 0.717) is 11.4 Å². The van der Waals surface area contributed by atoms with E-state index < -0.39 is 18.3 Å². The number of amides is 2. The lowest BCUT2D eigenvalue weighted by molar-refractivity contribution is 0.0771. The molecule has 119 valence electrons. The van der Waals surface area contributed by atoms with Crippen LogP contribution >= 0.6 is 0 Å². The van der Waals surface area contributed by atoms with E-state index >= 15 is 0 Å². The topological polar surface area (TPSA) is 76.7 Å². The SMILES string of the molecule is [CH2]C(COC(=O)Nc1ccccc1)OC(=O)Nc1ccccc1. The maximum absolute atomic E-state index is 11.6.